The molecule has 2 aromatic heterocycles. The second-order valence-corrected chi connectivity index (χ2v) is 8.61. The molecule has 12 heteroatoms. The number of H-pyrrole nitrogens is 1. The Morgan fingerprint density at radius 2 is 1.97 bits per heavy atom. The number of benzene rings is 2. The number of anilines is 2. The molecule has 3 N–H and O–H groups in total. The number of carbonyl (C=O) groups excluding carboxylic acids is 1. The number of methoxy groups -OCH3 is 1. The molecule has 1 aliphatic rings. The first-order valence-electron chi connectivity index (χ1n) is 11.4. The van der Waals surface area contributed by atoms with E-state index >= 15 is 0 Å². The number of ether oxygens (including phenoxy) is 1. The molecule has 0 spiro atoms. The van der Waals surface area contributed by atoms with Crippen LogP contribution in [0.1, 0.15) is 34.7 Å². The molecule has 0 bridgehead atoms. The lowest BCUT2D eigenvalue weighted by atomic mass is 10.0. The summed E-state index contributed by atoms with van der Waals surface area (Å²) in [5.74, 6) is 0.591. The molecule has 2 heterocycles. The highest BCUT2D eigenvalue weighted by Gasteiger charge is 2.30. The van der Waals surface area contributed by atoms with E-state index in [1.54, 1.807) is 23.9 Å². The molecular formula is C24H24F3N7O2. The monoisotopic (exact) mass is 499 g/mol. The minimum Gasteiger partial charge on any atom is -0.383 e. The molecule has 0 unspecified atom stereocenters. The van der Waals surface area contributed by atoms with Crippen LogP contribution in [0.3, 0.4) is 0 Å². The number of fused-ring (bicyclic) bond motifs is 1. The van der Waals surface area contributed by atoms with Gasteiger partial charge in [0.2, 0.25) is 5.95 Å². The van der Waals surface area contributed by atoms with Gasteiger partial charge in [-0.1, -0.05) is 12.1 Å². The van der Waals surface area contributed by atoms with Gasteiger partial charge in [-0.2, -0.15) is 23.3 Å². The highest BCUT2D eigenvalue weighted by Crippen LogP contribution is 2.47. The van der Waals surface area contributed by atoms with E-state index in [9.17, 15) is 18.0 Å². The zero-order valence-corrected chi connectivity index (χ0v) is 19.4. The Bertz CT molecular complexity index is 1370. The van der Waals surface area contributed by atoms with Crippen molar-refractivity contribution in [3.63, 3.8) is 0 Å². The van der Waals surface area contributed by atoms with E-state index < -0.39 is 18.6 Å². The third kappa shape index (κ3) is 5.18. The standard InChI is InChI=1S/C24H24F3N7O2/c1-36-11-10-34-23(30-19-9-8-18-17(12-29-32-18)20(19)14-2-3-14)31-21(33-34)15-4-6-16(7-5-15)22(35)28-13-24(25,26)27/h4-9,12,14H,2-3,10-11,13H2,1H3,(H,28,35)(H,29,32)(H,30,31,33). The van der Waals surface area contributed by atoms with Crippen molar-refractivity contribution in [2.45, 2.75) is 31.5 Å². The maximum atomic E-state index is 12.4. The van der Waals surface area contributed by atoms with Crippen LogP contribution in [0.15, 0.2) is 42.6 Å². The van der Waals surface area contributed by atoms with Crippen LogP contribution in [0.5, 0.6) is 0 Å². The molecule has 1 aliphatic carbocycles. The number of nitrogens with zero attached hydrogens (tertiary/aromatic N) is 4. The summed E-state index contributed by atoms with van der Waals surface area (Å²) in [5, 5.41) is 18.1. The first-order valence-corrected chi connectivity index (χ1v) is 11.4. The predicted octanol–water partition coefficient (Wildman–Crippen LogP) is 4.38. The number of aromatic nitrogens is 5. The van der Waals surface area contributed by atoms with Crippen molar-refractivity contribution >= 4 is 28.4 Å². The molecule has 1 amide bonds. The second-order valence-electron chi connectivity index (χ2n) is 8.61. The van der Waals surface area contributed by atoms with Gasteiger partial charge in [0.1, 0.15) is 6.54 Å². The molecule has 4 aromatic rings. The van der Waals surface area contributed by atoms with Gasteiger partial charge in [-0.3, -0.25) is 9.89 Å². The topological polar surface area (TPSA) is 110 Å². The number of aromatic amines is 1. The summed E-state index contributed by atoms with van der Waals surface area (Å²) in [5.41, 5.74) is 3.83. The van der Waals surface area contributed by atoms with E-state index in [-0.39, 0.29) is 5.56 Å². The molecule has 0 atom stereocenters. The summed E-state index contributed by atoms with van der Waals surface area (Å²) in [7, 11) is 1.60. The van der Waals surface area contributed by atoms with Crippen molar-refractivity contribution < 1.29 is 22.7 Å². The van der Waals surface area contributed by atoms with Crippen molar-refractivity contribution in [2.75, 3.05) is 25.6 Å². The first kappa shape index (κ1) is 23.8. The van der Waals surface area contributed by atoms with E-state index in [2.05, 4.69) is 25.6 Å². The van der Waals surface area contributed by atoms with Crippen molar-refractivity contribution in [2.24, 2.45) is 0 Å². The van der Waals surface area contributed by atoms with Gasteiger partial charge >= 0.3 is 6.18 Å². The van der Waals surface area contributed by atoms with Gasteiger partial charge < -0.3 is 15.4 Å². The summed E-state index contributed by atoms with van der Waals surface area (Å²) < 4.78 is 44.1. The summed E-state index contributed by atoms with van der Waals surface area (Å²) >= 11 is 0. The molecule has 36 heavy (non-hydrogen) atoms. The van der Waals surface area contributed by atoms with Crippen LogP contribution in [-0.4, -0.2) is 57.3 Å². The van der Waals surface area contributed by atoms with Gasteiger partial charge in [-0.25, -0.2) is 4.68 Å². The number of halogens is 3. The van der Waals surface area contributed by atoms with Gasteiger partial charge in [-0.05, 0) is 48.6 Å². The van der Waals surface area contributed by atoms with E-state index in [0.717, 1.165) is 29.4 Å². The third-order valence-electron chi connectivity index (χ3n) is 5.93. The smallest absolute Gasteiger partial charge is 0.383 e. The predicted molar refractivity (Wildman–Crippen MR) is 127 cm³/mol. The second kappa shape index (κ2) is 9.61. The average molecular weight is 499 g/mol. The summed E-state index contributed by atoms with van der Waals surface area (Å²) in [6, 6.07) is 10.1. The molecule has 0 radical (unpaired) electrons. The fraction of sp³-hybridized carbons (Fsp3) is 0.333. The zero-order chi connectivity index (χ0) is 25.3. The molecule has 1 fully saturated rings. The highest BCUT2D eigenvalue weighted by molar-refractivity contribution is 5.94. The number of hydrogen-bond acceptors (Lipinski definition) is 6. The Morgan fingerprint density at radius 1 is 1.19 bits per heavy atom. The van der Waals surface area contributed by atoms with Crippen molar-refractivity contribution in [3.8, 4) is 11.4 Å². The normalized spacial score (nSPS) is 13.8. The van der Waals surface area contributed by atoms with Gasteiger partial charge in [0.25, 0.3) is 5.91 Å². The number of carbonyl (C=O) groups is 1. The number of hydrogen-bond donors (Lipinski definition) is 3. The summed E-state index contributed by atoms with van der Waals surface area (Å²) in [6.07, 6.45) is -0.409. The summed E-state index contributed by atoms with van der Waals surface area (Å²) in [6.45, 7) is -0.510. The Morgan fingerprint density at radius 3 is 2.67 bits per heavy atom. The van der Waals surface area contributed by atoms with Crippen LogP contribution in [-0.2, 0) is 11.3 Å². The molecule has 9 nitrogen and oxygen atoms in total. The molecular weight excluding hydrogens is 475 g/mol. The van der Waals surface area contributed by atoms with Crippen LogP contribution in [0.2, 0.25) is 0 Å². The average Bonchev–Trinajstić information content (AvgIpc) is 3.44. The van der Waals surface area contributed by atoms with Crippen molar-refractivity contribution in [3.05, 3.63) is 53.7 Å². The molecule has 188 valence electrons. The summed E-state index contributed by atoms with van der Waals surface area (Å²) in [4.78, 5) is 16.7. The van der Waals surface area contributed by atoms with Crippen LogP contribution >= 0.6 is 0 Å². The van der Waals surface area contributed by atoms with Crippen LogP contribution in [0.4, 0.5) is 24.8 Å². The highest BCUT2D eigenvalue weighted by atomic mass is 19.4. The lowest BCUT2D eigenvalue weighted by molar-refractivity contribution is -0.123. The molecule has 0 aliphatic heterocycles. The molecule has 0 saturated heterocycles. The van der Waals surface area contributed by atoms with E-state index in [1.165, 1.54) is 17.7 Å². The Kier molecular flexibility index (Phi) is 6.35. The quantitative estimate of drug-likeness (QED) is 0.315. The van der Waals surface area contributed by atoms with E-state index in [1.807, 2.05) is 23.6 Å². The Labute approximate surface area is 204 Å². The maximum Gasteiger partial charge on any atom is 0.405 e. The number of rotatable bonds is 9. The third-order valence-corrected chi connectivity index (χ3v) is 5.93. The van der Waals surface area contributed by atoms with Crippen LogP contribution in [0.25, 0.3) is 22.3 Å². The van der Waals surface area contributed by atoms with Gasteiger partial charge in [-0.15, -0.1) is 5.10 Å². The zero-order valence-electron chi connectivity index (χ0n) is 19.4. The number of nitrogens with one attached hydrogen (secondary N) is 3. The van der Waals surface area contributed by atoms with Gasteiger partial charge in [0.15, 0.2) is 5.82 Å². The fourth-order valence-corrected chi connectivity index (χ4v) is 4.02. The number of alkyl halides is 3. The van der Waals surface area contributed by atoms with Gasteiger partial charge in [0.05, 0.1) is 24.9 Å². The van der Waals surface area contributed by atoms with Gasteiger partial charge in [0, 0.05) is 29.3 Å². The molecule has 5 rings (SSSR count). The van der Waals surface area contributed by atoms with Crippen molar-refractivity contribution in [1.29, 1.82) is 0 Å². The largest absolute Gasteiger partial charge is 0.405 e. The minimum atomic E-state index is -4.47. The maximum absolute atomic E-state index is 12.4. The Hall–Kier alpha value is -3.93. The lowest BCUT2D eigenvalue weighted by Gasteiger charge is -2.13. The van der Waals surface area contributed by atoms with Crippen LogP contribution < -0.4 is 10.6 Å². The van der Waals surface area contributed by atoms with Crippen LogP contribution in [0, 0.1) is 0 Å². The van der Waals surface area contributed by atoms with E-state index in [0.29, 0.717) is 36.4 Å². The molecule has 1 saturated carbocycles. The fourth-order valence-electron chi connectivity index (χ4n) is 4.02. The SMILES string of the molecule is COCCn1nc(-c2ccc(C(=O)NCC(F)(F)F)cc2)nc1Nc1ccc2[nH]ncc2c1C1CC1. The van der Waals surface area contributed by atoms with Crippen molar-refractivity contribution in [1.82, 2.24) is 30.3 Å². The molecule has 2 aromatic carbocycles. The minimum absolute atomic E-state index is 0.114. The van der Waals surface area contributed by atoms with E-state index in [4.69, 9.17) is 4.74 Å². The Balaban J connectivity index is 1.41. The first-order chi connectivity index (χ1) is 17.3. The lowest BCUT2D eigenvalue weighted by Crippen LogP contribution is -2.33. The number of amides is 1.